The van der Waals surface area contributed by atoms with E-state index >= 15 is 0 Å². The summed E-state index contributed by atoms with van der Waals surface area (Å²) in [7, 11) is 3.93. The highest BCUT2D eigenvalue weighted by molar-refractivity contribution is 5.85. The van der Waals surface area contributed by atoms with Crippen LogP contribution in [0.3, 0.4) is 0 Å². The molecule has 6 nitrogen and oxygen atoms in total. The minimum Gasteiger partial charge on any atom is -0.497 e. The zero-order valence-corrected chi connectivity index (χ0v) is 18.3. The predicted molar refractivity (Wildman–Crippen MR) is 116 cm³/mol. The highest BCUT2D eigenvalue weighted by atomic mass is 35.5. The monoisotopic (exact) mass is 430 g/mol. The number of hydrogen-bond acceptors (Lipinski definition) is 5. The molecule has 1 aromatic rings. The Kier molecular flexibility index (Phi) is 8.40. The van der Waals surface area contributed by atoms with E-state index in [9.17, 15) is 4.79 Å². The number of ether oxygens (including phenoxy) is 1. The topological polar surface area (TPSA) is 48.1 Å². The van der Waals surface area contributed by atoms with Crippen molar-refractivity contribution >= 4 is 30.7 Å². The molecule has 1 N–H and O–H groups in total. The van der Waals surface area contributed by atoms with Crippen LogP contribution in [0.4, 0.5) is 0 Å². The Bertz CT molecular complexity index is 640. The third kappa shape index (κ3) is 4.74. The number of rotatable bonds is 4. The Balaban J connectivity index is 0.00000140. The van der Waals surface area contributed by atoms with Crippen molar-refractivity contribution in [1.29, 1.82) is 0 Å². The van der Waals surface area contributed by atoms with Crippen LogP contribution in [0.25, 0.3) is 0 Å². The van der Waals surface area contributed by atoms with Crippen molar-refractivity contribution in [2.45, 2.75) is 6.04 Å². The third-order valence-corrected chi connectivity index (χ3v) is 6.26. The van der Waals surface area contributed by atoms with Gasteiger partial charge in [-0.3, -0.25) is 14.6 Å². The first-order valence-corrected chi connectivity index (χ1v) is 9.70. The van der Waals surface area contributed by atoms with Crippen LogP contribution in [-0.2, 0) is 4.79 Å². The number of piperazine rings is 1. The molecule has 3 saturated heterocycles. The lowest BCUT2D eigenvalue weighted by Gasteiger charge is -2.30. The van der Waals surface area contributed by atoms with Crippen LogP contribution < -0.4 is 10.1 Å². The summed E-state index contributed by atoms with van der Waals surface area (Å²) < 4.78 is 5.30. The van der Waals surface area contributed by atoms with Crippen LogP contribution in [-0.4, -0.2) is 87.1 Å². The molecule has 3 aliphatic rings. The molecule has 0 unspecified atom stereocenters. The van der Waals surface area contributed by atoms with Gasteiger partial charge < -0.3 is 15.0 Å². The lowest BCUT2D eigenvalue weighted by molar-refractivity contribution is -0.132. The summed E-state index contributed by atoms with van der Waals surface area (Å²) in [5, 5.41) is 3.31. The molecule has 0 bridgehead atoms. The fraction of sp³-hybridized carbons (Fsp3) is 0.650. The predicted octanol–water partition coefficient (Wildman–Crippen LogP) is 1.51. The molecule has 3 atom stereocenters. The quantitative estimate of drug-likeness (QED) is 0.784. The van der Waals surface area contributed by atoms with Crippen LogP contribution in [0.2, 0.25) is 0 Å². The van der Waals surface area contributed by atoms with Gasteiger partial charge in [-0.05, 0) is 36.6 Å². The number of nitrogens with zero attached hydrogens (tertiary/aromatic N) is 3. The molecule has 0 aliphatic carbocycles. The Morgan fingerprint density at radius 1 is 1.11 bits per heavy atom. The van der Waals surface area contributed by atoms with Crippen LogP contribution in [0, 0.1) is 11.8 Å². The minimum absolute atomic E-state index is 0. The number of fused-ring (bicyclic) bond motifs is 1. The second kappa shape index (κ2) is 10.1. The summed E-state index contributed by atoms with van der Waals surface area (Å²) in [5.41, 5.74) is 1.36. The highest BCUT2D eigenvalue weighted by Gasteiger charge is 2.46. The summed E-state index contributed by atoms with van der Waals surface area (Å²) in [6.45, 7) is 7.27. The van der Waals surface area contributed by atoms with Crippen LogP contribution in [0.5, 0.6) is 5.75 Å². The SMILES string of the molecule is COc1ccc([C@@H]2[C@@H]3CN(CC(=O)N4CCNCC4)C[C@@H]3CN2C)cc1.Cl.Cl. The molecule has 1 amide bonds. The van der Waals surface area contributed by atoms with Crippen LogP contribution >= 0.6 is 24.8 Å². The van der Waals surface area contributed by atoms with Crippen molar-refractivity contribution in [2.75, 3.05) is 66.5 Å². The number of amides is 1. The maximum Gasteiger partial charge on any atom is 0.236 e. The standard InChI is InChI=1S/C20H30N4O2.2ClH/c1-22-11-16-12-23(14-19(25)24-9-7-21-8-10-24)13-18(16)20(22)15-3-5-17(26-2)6-4-15;;/h3-6,16,18,20-21H,7-14H2,1-2H3;2*1H/t16-,18+,20+;;/m0../s1. The maximum atomic E-state index is 12.6. The Morgan fingerprint density at radius 3 is 2.43 bits per heavy atom. The molecule has 0 spiro atoms. The summed E-state index contributed by atoms with van der Waals surface area (Å²) >= 11 is 0. The van der Waals surface area contributed by atoms with E-state index in [4.69, 9.17) is 4.74 Å². The molecular weight excluding hydrogens is 399 g/mol. The third-order valence-electron chi connectivity index (χ3n) is 6.26. The molecule has 8 heteroatoms. The second-order valence-electron chi connectivity index (χ2n) is 7.91. The summed E-state index contributed by atoms with van der Waals surface area (Å²) in [4.78, 5) is 19.5. The minimum atomic E-state index is 0. The van der Waals surface area contributed by atoms with Gasteiger partial charge in [0, 0.05) is 51.9 Å². The van der Waals surface area contributed by atoms with Crippen molar-refractivity contribution in [1.82, 2.24) is 20.0 Å². The van der Waals surface area contributed by atoms with Crippen molar-refractivity contribution in [2.24, 2.45) is 11.8 Å². The number of nitrogens with one attached hydrogen (secondary N) is 1. The molecular formula is C20H32Cl2N4O2. The van der Waals surface area contributed by atoms with Crippen molar-refractivity contribution in [3.63, 3.8) is 0 Å². The molecule has 3 aliphatic heterocycles. The second-order valence-corrected chi connectivity index (χ2v) is 7.91. The summed E-state index contributed by atoms with van der Waals surface area (Å²) in [6.07, 6.45) is 0. The lowest BCUT2D eigenvalue weighted by Crippen LogP contribution is -2.49. The van der Waals surface area contributed by atoms with Gasteiger partial charge in [-0.15, -0.1) is 24.8 Å². The average molecular weight is 431 g/mol. The number of carbonyl (C=O) groups excluding carboxylic acids is 1. The van der Waals surface area contributed by atoms with E-state index in [1.807, 2.05) is 4.90 Å². The normalized spacial score (nSPS) is 27.6. The average Bonchev–Trinajstić information content (AvgIpc) is 3.18. The van der Waals surface area contributed by atoms with Gasteiger partial charge >= 0.3 is 0 Å². The summed E-state index contributed by atoms with van der Waals surface area (Å²) in [5.74, 6) is 2.45. The number of carbonyl (C=O) groups is 1. The summed E-state index contributed by atoms with van der Waals surface area (Å²) in [6, 6.07) is 8.92. The lowest BCUT2D eigenvalue weighted by atomic mass is 9.89. The maximum absolute atomic E-state index is 12.6. The molecule has 1 aromatic carbocycles. The highest BCUT2D eigenvalue weighted by Crippen LogP contribution is 2.44. The largest absolute Gasteiger partial charge is 0.497 e. The van der Waals surface area contributed by atoms with Crippen LogP contribution in [0.1, 0.15) is 11.6 Å². The van der Waals surface area contributed by atoms with E-state index < -0.39 is 0 Å². The number of benzene rings is 1. The molecule has 0 saturated carbocycles. The van der Waals surface area contributed by atoms with Gasteiger partial charge in [-0.2, -0.15) is 0 Å². The Hall–Kier alpha value is -1.05. The van der Waals surface area contributed by atoms with Gasteiger partial charge in [0.25, 0.3) is 0 Å². The van der Waals surface area contributed by atoms with Crippen molar-refractivity contribution in [3.05, 3.63) is 29.8 Å². The van der Waals surface area contributed by atoms with Gasteiger partial charge in [0.15, 0.2) is 0 Å². The number of methoxy groups -OCH3 is 1. The van der Waals surface area contributed by atoms with Crippen molar-refractivity contribution < 1.29 is 9.53 Å². The van der Waals surface area contributed by atoms with Gasteiger partial charge in [0.05, 0.1) is 13.7 Å². The fourth-order valence-corrected chi connectivity index (χ4v) is 4.99. The molecule has 3 heterocycles. The number of hydrogen-bond donors (Lipinski definition) is 1. The first kappa shape index (κ1) is 23.2. The smallest absolute Gasteiger partial charge is 0.236 e. The molecule has 0 aromatic heterocycles. The van der Waals surface area contributed by atoms with E-state index in [0.717, 1.165) is 51.6 Å². The first-order chi connectivity index (χ1) is 12.7. The molecule has 3 fully saturated rings. The van der Waals surface area contributed by atoms with Gasteiger partial charge in [-0.25, -0.2) is 0 Å². The van der Waals surface area contributed by atoms with Crippen molar-refractivity contribution in [3.8, 4) is 5.75 Å². The van der Waals surface area contributed by atoms with Gasteiger partial charge in [0.2, 0.25) is 5.91 Å². The van der Waals surface area contributed by atoms with E-state index in [1.165, 1.54) is 5.56 Å². The van der Waals surface area contributed by atoms with E-state index in [-0.39, 0.29) is 24.8 Å². The zero-order valence-electron chi connectivity index (χ0n) is 16.7. The fourth-order valence-electron chi connectivity index (χ4n) is 4.99. The van der Waals surface area contributed by atoms with E-state index in [1.54, 1.807) is 7.11 Å². The molecule has 0 radical (unpaired) electrons. The number of likely N-dealkylation sites (tertiary alicyclic amines) is 2. The van der Waals surface area contributed by atoms with E-state index in [0.29, 0.717) is 30.3 Å². The first-order valence-electron chi connectivity index (χ1n) is 9.70. The zero-order chi connectivity index (χ0) is 18.1. The molecule has 4 rings (SSSR count). The van der Waals surface area contributed by atoms with Gasteiger partial charge in [-0.1, -0.05) is 12.1 Å². The van der Waals surface area contributed by atoms with E-state index in [2.05, 4.69) is 46.4 Å². The number of halogens is 2. The van der Waals surface area contributed by atoms with Gasteiger partial charge in [0.1, 0.15) is 5.75 Å². The molecule has 28 heavy (non-hydrogen) atoms. The Labute approximate surface area is 180 Å². The molecule has 158 valence electrons. The Morgan fingerprint density at radius 2 is 1.79 bits per heavy atom. The van der Waals surface area contributed by atoms with Crippen LogP contribution in [0.15, 0.2) is 24.3 Å².